The fourth-order valence-corrected chi connectivity index (χ4v) is 2.56. The molecule has 2 aromatic rings. The van der Waals surface area contributed by atoms with Crippen molar-refractivity contribution in [3.63, 3.8) is 0 Å². The van der Waals surface area contributed by atoms with Crippen LogP contribution in [0.1, 0.15) is 16.1 Å². The number of carbonyl (C=O) groups excluding carboxylic acids is 3. The summed E-state index contributed by atoms with van der Waals surface area (Å²) < 4.78 is 5.37. The molecule has 0 aliphatic rings. The molecule has 1 aromatic heterocycles. The molecule has 0 fully saturated rings. The molecule has 26 heavy (non-hydrogen) atoms. The number of hydrogen-bond donors (Lipinski definition) is 2. The minimum atomic E-state index is -0.201. The van der Waals surface area contributed by atoms with E-state index in [1.807, 2.05) is 5.38 Å². The molecule has 0 unspecified atom stereocenters. The number of hydrogen-bond acceptors (Lipinski definition) is 5. The highest BCUT2D eigenvalue weighted by Crippen LogP contribution is 2.16. The Morgan fingerprint density at radius 1 is 1.12 bits per heavy atom. The van der Waals surface area contributed by atoms with Gasteiger partial charge in [0.05, 0.1) is 4.88 Å². The predicted octanol–water partition coefficient (Wildman–Crippen LogP) is 1.97. The monoisotopic (exact) mass is 375 g/mol. The van der Waals surface area contributed by atoms with Crippen LogP contribution < -0.4 is 15.4 Å². The number of nitrogens with zero attached hydrogens (tertiary/aromatic N) is 1. The summed E-state index contributed by atoms with van der Waals surface area (Å²) in [5.74, 6) is 0.0305. The molecule has 2 rings (SSSR count). The molecule has 1 aromatic carbocycles. The highest BCUT2D eigenvalue weighted by Gasteiger charge is 2.08. The maximum Gasteiger partial charge on any atom is 0.261 e. The number of amides is 3. The van der Waals surface area contributed by atoms with E-state index in [-0.39, 0.29) is 37.3 Å². The molecule has 3 amide bonds. The minimum Gasteiger partial charge on any atom is -0.484 e. The van der Waals surface area contributed by atoms with Crippen molar-refractivity contribution in [3.8, 4) is 5.75 Å². The number of thiophene rings is 1. The molecule has 0 atom stereocenters. The van der Waals surface area contributed by atoms with Crippen LogP contribution in [0, 0.1) is 0 Å². The van der Waals surface area contributed by atoms with Crippen molar-refractivity contribution < 1.29 is 19.1 Å². The van der Waals surface area contributed by atoms with E-state index in [0.29, 0.717) is 16.3 Å². The quantitative estimate of drug-likeness (QED) is 0.738. The van der Waals surface area contributed by atoms with E-state index in [9.17, 15) is 14.4 Å². The Balaban J connectivity index is 1.71. The second-order valence-corrected chi connectivity index (χ2v) is 6.58. The Hall–Kier alpha value is -2.87. The number of likely N-dealkylation sites (N-methyl/N-ethyl adjacent to an activating group) is 1. The Kier molecular flexibility index (Phi) is 7.16. The lowest BCUT2D eigenvalue weighted by Gasteiger charge is -2.12. The van der Waals surface area contributed by atoms with Crippen molar-refractivity contribution in [2.24, 2.45) is 0 Å². The highest BCUT2D eigenvalue weighted by molar-refractivity contribution is 7.12. The highest BCUT2D eigenvalue weighted by atomic mass is 32.1. The zero-order valence-corrected chi connectivity index (χ0v) is 15.5. The van der Waals surface area contributed by atoms with Crippen LogP contribution in [0.5, 0.6) is 5.75 Å². The van der Waals surface area contributed by atoms with Gasteiger partial charge in [-0.3, -0.25) is 14.4 Å². The molecular formula is C18H21N3O4S. The molecular weight excluding hydrogens is 354 g/mol. The van der Waals surface area contributed by atoms with Crippen LogP contribution in [0.4, 0.5) is 5.69 Å². The van der Waals surface area contributed by atoms with Crippen molar-refractivity contribution >= 4 is 34.7 Å². The van der Waals surface area contributed by atoms with E-state index in [4.69, 9.17) is 4.74 Å². The van der Waals surface area contributed by atoms with Gasteiger partial charge >= 0.3 is 0 Å². The minimum absolute atomic E-state index is 0.0390. The first-order valence-electron chi connectivity index (χ1n) is 8.00. The molecule has 0 saturated carbocycles. The molecule has 7 nitrogen and oxygen atoms in total. The lowest BCUT2D eigenvalue weighted by Crippen LogP contribution is -2.27. The van der Waals surface area contributed by atoms with Crippen LogP contribution in [-0.2, 0) is 9.59 Å². The van der Waals surface area contributed by atoms with E-state index >= 15 is 0 Å². The summed E-state index contributed by atoms with van der Waals surface area (Å²) in [5, 5.41) is 7.27. The first-order chi connectivity index (χ1) is 12.5. The maximum atomic E-state index is 11.9. The molecule has 0 saturated heterocycles. The number of carbonyl (C=O) groups is 3. The van der Waals surface area contributed by atoms with Crippen molar-refractivity contribution in [3.05, 3.63) is 46.7 Å². The maximum absolute atomic E-state index is 11.9. The summed E-state index contributed by atoms with van der Waals surface area (Å²) in [6.07, 6.45) is 0.173. The van der Waals surface area contributed by atoms with Gasteiger partial charge in [0.1, 0.15) is 5.75 Å². The molecule has 0 spiro atoms. The Labute approximate surface area is 156 Å². The van der Waals surface area contributed by atoms with E-state index < -0.39 is 0 Å². The van der Waals surface area contributed by atoms with Gasteiger partial charge in [-0.25, -0.2) is 0 Å². The third kappa shape index (κ3) is 6.21. The summed E-state index contributed by atoms with van der Waals surface area (Å²) in [6, 6.07) is 10.3. The Bertz CT molecular complexity index is 742. The van der Waals surface area contributed by atoms with E-state index in [2.05, 4.69) is 10.6 Å². The van der Waals surface area contributed by atoms with Crippen LogP contribution in [0.3, 0.4) is 0 Å². The molecule has 138 valence electrons. The number of ether oxygens (including phenoxy) is 1. The lowest BCUT2D eigenvalue weighted by molar-refractivity contribution is -0.130. The zero-order valence-electron chi connectivity index (χ0n) is 14.7. The van der Waals surface area contributed by atoms with Gasteiger partial charge in [-0.2, -0.15) is 0 Å². The van der Waals surface area contributed by atoms with Gasteiger partial charge in [-0.15, -0.1) is 11.3 Å². The number of nitrogens with one attached hydrogen (secondary N) is 2. The molecule has 0 aliphatic carbocycles. The Morgan fingerprint density at radius 3 is 2.46 bits per heavy atom. The van der Waals surface area contributed by atoms with Crippen LogP contribution in [0.25, 0.3) is 0 Å². The standard InChI is InChI=1S/C18H21N3O4S/c1-21(2)17(23)12-25-14-7-5-13(6-8-14)20-16(22)9-10-19-18(24)15-4-3-11-26-15/h3-8,11H,9-10,12H2,1-2H3,(H,19,24)(H,20,22). The van der Waals surface area contributed by atoms with Crippen molar-refractivity contribution in [2.45, 2.75) is 6.42 Å². The summed E-state index contributed by atoms with van der Waals surface area (Å²) >= 11 is 1.35. The smallest absolute Gasteiger partial charge is 0.261 e. The van der Waals surface area contributed by atoms with Crippen molar-refractivity contribution in [1.82, 2.24) is 10.2 Å². The molecule has 0 aliphatic heterocycles. The number of rotatable bonds is 8. The van der Waals surface area contributed by atoms with Crippen molar-refractivity contribution in [1.29, 1.82) is 0 Å². The molecule has 0 radical (unpaired) electrons. The van der Waals surface area contributed by atoms with Gasteiger partial charge in [-0.1, -0.05) is 6.07 Å². The number of anilines is 1. The zero-order chi connectivity index (χ0) is 18.9. The van der Waals surface area contributed by atoms with Gasteiger partial charge in [-0.05, 0) is 35.7 Å². The first-order valence-corrected chi connectivity index (χ1v) is 8.88. The van der Waals surface area contributed by atoms with E-state index in [1.54, 1.807) is 50.5 Å². The Morgan fingerprint density at radius 2 is 1.85 bits per heavy atom. The average Bonchev–Trinajstić information content (AvgIpc) is 3.15. The van der Waals surface area contributed by atoms with Crippen LogP contribution >= 0.6 is 11.3 Å². The van der Waals surface area contributed by atoms with Crippen LogP contribution in [-0.4, -0.2) is 49.9 Å². The average molecular weight is 375 g/mol. The normalized spacial score (nSPS) is 10.1. The van der Waals surface area contributed by atoms with E-state index in [0.717, 1.165) is 0 Å². The summed E-state index contributed by atoms with van der Waals surface area (Å²) in [4.78, 5) is 37.2. The molecule has 2 N–H and O–H groups in total. The molecule has 0 bridgehead atoms. The van der Waals surface area contributed by atoms with Crippen LogP contribution in [0.15, 0.2) is 41.8 Å². The fourth-order valence-electron chi connectivity index (χ4n) is 1.92. The summed E-state index contributed by atoms with van der Waals surface area (Å²) in [6.45, 7) is 0.221. The van der Waals surface area contributed by atoms with Gasteiger partial charge in [0.15, 0.2) is 6.61 Å². The second kappa shape index (κ2) is 9.57. The number of benzene rings is 1. The van der Waals surface area contributed by atoms with Gasteiger partial charge in [0.2, 0.25) is 5.91 Å². The SMILES string of the molecule is CN(C)C(=O)COc1ccc(NC(=O)CCNC(=O)c2cccs2)cc1. The fraction of sp³-hybridized carbons (Fsp3) is 0.278. The predicted molar refractivity (Wildman–Crippen MR) is 101 cm³/mol. The van der Waals surface area contributed by atoms with Gasteiger partial charge in [0, 0.05) is 32.7 Å². The third-order valence-electron chi connectivity index (χ3n) is 3.38. The summed E-state index contributed by atoms with van der Waals surface area (Å²) in [5.41, 5.74) is 0.617. The molecule has 1 heterocycles. The van der Waals surface area contributed by atoms with Crippen LogP contribution in [0.2, 0.25) is 0 Å². The van der Waals surface area contributed by atoms with Crippen molar-refractivity contribution in [2.75, 3.05) is 32.6 Å². The lowest BCUT2D eigenvalue weighted by atomic mass is 10.3. The largest absolute Gasteiger partial charge is 0.484 e. The van der Waals surface area contributed by atoms with Gasteiger partial charge < -0.3 is 20.3 Å². The topological polar surface area (TPSA) is 87.7 Å². The van der Waals surface area contributed by atoms with E-state index in [1.165, 1.54) is 16.2 Å². The van der Waals surface area contributed by atoms with Gasteiger partial charge in [0.25, 0.3) is 11.8 Å². The first kappa shape index (κ1) is 19.5. The molecule has 8 heteroatoms. The summed E-state index contributed by atoms with van der Waals surface area (Å²) in [7, 11) is 3.32. The second-order valence-electron chi connectivity index (χ2n) is 5.63. The third-order valence-corrected chi connectivity index (χ3v) is 4.25.